The average Bonchev–Trinajstić information content (AvgIpc) is 2.65. The lowest BCUT2D eigenvalue weighted by Crippen LogP contribution is -2.13. The summed E-state index contributed by atoms with van der Waals surface area (Å²) in [5, 5.41) is -0.545. The molecule has 1 unspecified atom stereocenters. The van der Waals surface area contributed by atoms with Crippen molar-refractivity contribution in [2.24, 2.45) is 0 Å². The lowest BCUT2D eigenvalue weighted by Gasteiger charge is -2.19. The fourth-order valence-corrected chi connectivity index (χ4v) is 3.38. The van der Waals surface area contributed by atoms with Crippen molar-refractivity contribution >= 4 is 17.7 Å². The van der Waals surface area contributed by atoms with Crippen LogP contribution in [0.4, 0.5) is 0 Å². The van der Waals surface area contributed by atoms with Crippen LogP contribution in [0.25, 0.3) is 0 Å². The van der Waals surface area contributed by atoms with Crippen molar-refractivity contribution in [3.63, 3.8) is 0 Å². The number of hydrogen-bond acceptors (Lipinski definition) is 6. The number of hydrogen-bond donors (Lipinski definition) is 0. The predicted octanol–water partition coefficient (Wildman–Crippen LogP) is 4.11. The summed E-state index contributed by atoms with van der Waals surface area (Å²) in [6.45, 7) is 2.10. The molecule has 0 aliphatic carbocycles. The molecule has 0 aromatic heterocycles. The number of thioether (sulfide) groups is 1. The first-order valence-corrected chi connectivity index (χ1v) is 8.70. The highest BCUT2D eigenvalue weighted by Gasteiger charge is 2.26. The van der Waals surface area contributed by atoms with E-state index in [1.165, 1.54) is 11.8 Å². The van der Waals surface area contributed by atoms with Crippen molar-refractivity contribution in [1.82, 2.24) is 0 Å². The van der Waals surface area contributed by atoms with Crippen molar-refractivity contribution in [2.75, 3.05) is 27.9 Å². The summed E-state index contributed by atoms with van der Waals surface area (Å²) in [5.74, 6) is 1.17. The second-order valence-electron chi connectivity index (χ2n) is 5.02. The van der Waals surface area contributed by atoms with Gasteiger partial charge in [-0.1, -0.05) is 18.2 Å². The van der Waals surface area contributed by atoms with Gasteiger partial charge in [0, 0.05) is 4.90 Å². The van der Waals surface area contributed by atoms with E-state index in [9.17, 15) is 4.79 Å². The van der Waals surface area contributed by atoms with Crippen LogP contribution in [-0.4, -0.2) is 33.9 Å². The zero-order chi connectivity index (χ0) is 18.2. The first-order chi connectivity index (χ1) is 12.1. The van der Waals surface area contributed by atoms with E-state index in [4.69, 9.17) is 18.9 Å². The average molecular weight is 362 g/mol. The van der Waals surface area contributed by atoms with Gasteiger partial charge in [-0.3, -0.25) is 4.79 Å². The Morgan fingerprint density at radius 2 is 1.60 bits per heavy atom. The summed E-state index contributed by atoms with van der Waals surface area (Å²) in [7, 11) is 4.64. The van der Waals surface area contributed by atoms with Crippen LogP contribution in [0.15, 0.2) is 47.4 Å². The Labute approximate surface area is 152 Å². The second kappa shape index (κ2) is 9.22. The Kier molecular flexibility index (Phi) is 7.01. The molecule has 0 fully saturated rings. The van der Waals surface area contributed by atoms with Crippen LogP contribution in [0, 0.1) is 0 Å². The minimum absolute atomic E-state index is 0.314. The molecule has 0 aliphatic rings. The largest absolute Gasteiger partial charge is 0.493 e. The van der Waals surface area contributed by atoms with Gasteiger partial charge in [0.15, 0.2) is 11.5 Å². The van der Waals surface area contributed by atoms with Gasteiger partial charge in [-0.2, -0.15) is 0 Å². The highest BCUT2D eigenvalue weighted by molar-refractivity contribution is 8.00. The molecule has 1 atom stereocenters. The van der Waals surface area contributed by atoms with E-state index >= 15 is 0 Å². The number of ether oxygens (including phenoxy) is 4. The minimum atomic E-state index is -0.545. The Balaban J connectivity index is 2.47. The molecule has 0 aliphatic heterocycles. The molecule has 2 aromatic rings. The zero-order valence-corrected chi connectivity index (χ0v) is 15.6. The number of rotatable bonds is 8. The summed E-state index contributed by atoms with van der Waals surface area (Å²) < 4.78 is 21.4. The summed E-state index contributed by atoms with van der Waals surface area (Å²) in [6, 6.07) is 13.3. The quantitative estimate of drug-likeness (QED) is 0.520. The number of methoxy groups -OCH3 is 3. The normalized spacial score (nSPS) is 11.5. The van der Waals surface area contributed by atoms with Gasteiger partial charge >= 0.3 is 5.97 Å². The van der Waals surface area contributed by atoms with Gasteiger partial charge in [-0.25, -0.2) is 0 Å². The van der Waals surface area contributed by atoms with Gasteiger partial charge in [0.25, 0.3) is 0 Å². The molecule has 0 amide bonds. The summed E-state index contributed by atoms with van der Waals surface area (Å²) in [4.78, 5) is 13.5. The topological polar surface area (TPSA) is 54.0 Å². The van der Waals surface area contributed by atoms with Crippen LogP contribution in [0.3, 0.4) is 0 Å². The Morgan fingerprint density at radius 1 is 1.00 bits per heavy atom. The molecule has 25 heavy (non-hydrogen) atoms. The molecule has 0 bridgehead atoms. The monoisotopic (exact) mass is 362 g/mol. The van der Waals surface area contributed by atoms with Crippen molar-refractivity contribution in [3.05, 3.63) is 48.0 Å². The van der Waals surface area contributed by atoms with Crippen LogP contribution in [0.5, 0.6) is 17.2 Å². The first kappa shape index (κ1) is 19.0. The van der Waals surface area contributed by atoms with Crippen molar-refractivity contribution in [1.29, 1.82) is 0 Å². The van der Waals surface area contributed by atoms with E-state index in [0.717, 1.165) is 10.5 Å². The fourth-order valence-electron chi connectivity index (χ4n) is 2.36. The molecule has 2 rings (SSSR count). The lowest BCUT2D eigenvalue weighted by atomic mass is 10.1. The maximum atomic E-state index is 12.5. The van der Waals surface area contributed by atoms with E-state index in [2.05, 4.69) is 0 Å². The Morgan fingerprint density at radius 3 is 2.08 bits per heavy atom. The first-order valence-electron chi connectivity index (χ1n) is 7.82. The maximum Gasteiger partial charge on any atom is 0.323 e. The molecule has 0 spiro atoms. The van der Waals surface area contributed by atoms with Crippen LogP contribution >= 0.6 is 11.8 Å². The van der Waals surface area contributed by atoms with Gasteiger partial charge < -0.3 is 18.9 Å². The van der Waals surface area contributed by atoms with Crippen LogP contribution in [-0.2, 0) is 9.53 Å². The van der Waals surface area contributed by atoms with Crippen molar-refractivity contribution in [3.8, 4) is 17.2 Å². The molecule has 134 valence electrons. The zero-order valence-electron chi connectivity index (χ0n) is 14.8. The Hall–Kier alpha value is -2.34. The SMILES string of the molecule is CCOC(=O)C(Sc1ccccc1)c1cc(OC)c(OC)c(OC)c1. The van der Waals surface area contributed by atoms with Gasteiger partial charge in [-0.15, -0.1) is 11.8 Å². The molecule has 2 aromatic carbocycles. The molecule has 0 saturated heterocycles. The summed E-state index contributed by atoms with van der Waals surface area (Å²) in [5.41, 5.74) is 0.724. The second-order valence-corrected chi connectivity index (χ2v) is 6.20. The predicted molar refractivity (Wildman–Crippen MR) is 97.8 cm³/mol. The highest BCUT2D eigenvalue weighted by Crippen LogP contribution is 2.44. The molecule has 5 nitrogen and oxygen atoms in total. The third kappa shape index (κ3) is 4.60. The van der Waals surface area contributed by atoms with Gasteiger partial charge in [0.05, 0.1) is 27.9 Å². The van der Waals surface area contributed by atoms with Crippen molar-refractivity contribution in [2.45, 2.75) is 17.1 Å². The smallest absolute Gasteiger partial charge is 0.323 e. The maximum absolute atomic E-state index is 12.5. The van der Waals surface area contributed by atoms with E-state index < -0.39 is 5.25 Å². The molecular formula is C19H22O5S. The van der Waals surface area contributed by atoms with Gasteiger partial charge in [0.2, 0.25) is 5.75 Å². The fraction of sp³-hybridized carbons (Fsp3) is 0.316. The van der Waals surface area contributed by atoms with Gasteiger partial charge in [-0.05, 0) is 36.8 Å². The molecule has 0 N–H and O–H groups in total. The molecular weight excluding hydrogens is 340 g/mol. The molecule has 0 saturated carbocycles. The van der Waals surface area contributed by atoms with E-state index in [0.29, 0.717) is 23.9 Å². The number of carbonyl (C=O) groups excluding carboxylic acids is 1. The van der Waals surface area contributed by atoms with Crippen LogP contribution < -0.4 is 14.2 Å². The summed E-state index contributed by atoms with van der Waals surface area (Å²) in [6.07, 6.45) is 0. The Bertz CT molecular complexity index is 677. The van der Waals surface area contributed by atoms with E-state index in [-0.39, 0.29) is 5.97 Å². The number of esters is 1. The van der Waals surface area contributed by atoms with E-state index in [1.807, 2.05) is 30.3 Å². The third-order valence-electron chi connectivity index (χ3n) is 3.49. The van der Waals surface area contributed by atoms with Gasteiger partial charge in [0.1, 0.15) is 5.25 Å². The molecule has 6 heteroatoms. The molecule has 0 radical (unpaired) electrons. The van der Waals surface area contributed by atoms with E-state index in [1.54, 1.807) is 40.4 Å². The number of benzene rings is 2. The lowest BCUT2D eigenvalue weighted by molar-refractivity contribution is -0.142. The highest BCUT2D eigenvalue weighted by atomic mass is 32.2. The minimum Gasteiger partial charge on any atom is -0.493 e. The number of carbonyl (C=O) groups is 1. The van der Waals surface area contributed by atoms with Crippen LogP contribution in [0.2, 0.25) is 0 Å². The standard InChI is InChI=1S/C19H22O5S/c1-5-24-19(20)18(25-14-9-7-6-8-10-14)13-11-15(21-2)17(23-4)16(12-13)22-3/h6-12,18H,5H2,1-4H3. The summed E-state index contributed by atoms with van der Waals surface area (Å²) >= 11 is 1.42. The molecule has 0 heterocycles. The van der Waals surface area contributed by atoms with Crippen molar-refractivity contribution < 1.29 is 23.7 Å². The third-order valence-corrected chi connectivity index (χ3v) is 4.73. The van der Waals surface area contributed by atoms with Crippen LogP contribution in [0.1, 0.15) is 17.7 Å².